The highest BCUT2D eigenvalue weighted by Crippen LogP contribution is 2.15. The normalized spacial score (nSPS) is 10.6. The SMILES string of the molecule is CCc1nccn1-c1ccc(C)c(F)c1. The van der Waals surface area contributed by atoms with E-state index in [4.69, 9.17) is 0 Å². The molecule has 3 heteroatoms. The highest BCUT2D eigenvalue weighted by Gasteiger charge is 2.04. The van der Waals surface area contributed by atoms with Gasteiger partial charge in [0.25, 0.3) is 0 Å². The number of hydrogen-bond acceptors (Lipinski definition) is 1. The van der Waals surface area contributed by atoms with Crippen molar-refractivity contribution in [2.75, 3.05) is 0 Å². The lowest BCUT2D eigenvalue weighted by Gasteiger charge is -2.07. The largest absolute Gasteiger partial charge is 0.304 e. The fourth-order valence-electron chi connectivity index (χ4n) is 1.56. The van der Waals surface area contributed by atoms with Gasteiger partial charge in [0.1, 0.15) is 11.6 Å². The minimum atomic E-state index is -0.178. The summed E-state index contributed by atoms with van der Waals surface area (Å²) in [6.07, 6.45) is 4.42. The second-order valence-electron chi connectivity index (χ2n) is 3.50. The van der Waals surface area contributed by atoms with E-state index in [-0.39, 0.29) is 5.82 Å². The minimum Gasteiger partial charge on any atom is -0.304 e. The summed E-state index contributed by atoms with van der Waals surface area (Å²) in [6, 6.07) is 5.22. The summed E-state index contributed by atoms with van der Waals surface area (Å²) in [5.74, 6) is 0.765. The second kappa shape index (κ2) is 3.85. The standard InChI is InChI=1S/C12H13FN2/c1-3-12-14-6-7-15(12)10-5-4-9(2)11(13)8-10/h4-8H,3H2,1-2H3. The maximum atomic E-state index is 13.4. The van der Waals surface area contributed by atoms with Crippen LogP contribution in [0.3, 0.4) is 0 Å². The zero-order chi connectivity index (χ0) is 10.8. The van der Waals surface area contributed by atoms with Gasteiger partial charge >= 0.3 is 0 Å². The minimum absolute atomic E-state index is 0.178. The molecular weight excluding hydrogens is 191 g/mol. The van der Waals surface area contributed by atoms with Crippen molar-refractivity contribution in [3.8, 4) is 5.69 Å². The molecule has 0 unspecified atom stereocenters. The molecule has 1 aromatic heterocycles. The first-order valence-electron chi connectivity index (χ1n) is 5.01. The molecule has 0 radical (unpaired) electrons. The molecule has 0 amide bonds. The average molecular weight is 204 g/mol. The summed E-state index contributed by atoms with van der Waals surface area (Å²) in [4.78, 5) is 4.20. The molecule has 0 N–H and O–H groups in total. The predicted molar refractivity (Wildman–Crippen MR) is 57.6 cm³/mol. The van der Waals surface area contributed by atoms with Crippen LogP contribution in [0.5, 0.6) is 0 Å². The Kier molecular flexibility index (Phi) is 2.54. The molecule has 1 aromatic carbocycles. The van der Waals surface area contributed by atoms with E-state index in [1.165, 1.54) is 6.07 Å². The highest BCUT2D eigenvalue weighted by molar-refractivity contribution is 5.36. The maximum absolute atomic E-state index is 13.4. The van der Waals surface area contributed by atoms with Crippen LogP contribution < -0.4 is 0 Å². The third-order valence-corrected chi connectivity index (χ3v) is 2.47. The number of benzene rings is 1. The lowest BCUT2D eigenvalue weighted by Crippen LogP contribution is -1.99. The number of aryl methyl sites for hydroxylation is 2. The van der Waals surface area contributed by atoms with Crippen molar-refractivity contribution < 1.29 is 4.39 Å². The molecule has 0 aliphatic carbocycles. The van der Waals surface area contributed by atoms with Crippen molar-refractivity contribution in [3.05, 3.63) is 47.8 Å². The first kappa shape index (κ1) is 9.90. The van der Waals surface area contributed by atoms with Crippen LogP contribution >= 0.6 is 0 Å². The molecular formula is C12H13FN2. The zero-order valence-corrected chi connectivity index (χ0v) is 8.87. The Labute approximate surface area is 88.4 Å². The quantitative estimate of drug-likeness (QED) is 0.735. The van der Waals surface area contributed by atoms with Crippen LogP contribution in [0.25, 0.3) is 5.69 Å². The van der Waals surface area contributed by atoms with Crippen LogP contribution in [0.15, 0.2) is 30.6 Å². The van der Waals surface area contributed by atoms with Gasteiger partial charge in [-0.05, 0) is 24.6 Å². The summed E-state index contributed by atoms with van der Waals surface area (Å²) >= 11 is 0. The van der Waals surface area contributed by atoms with Crippen molar-refractivity contribution in [1.82, 2.24) is 9.55 Å². The Bertz CT molecular complexity index is 474. The molecule has 78 valence electrons. The van der Waals surface area contributed by atoms with Gasteiger partial charge < -0.3 is 4.57 Å². The monoisotopic (exact) mass is 204 g/mol. The van der Waals surface area contributed by atoms with E-state index < -0.39 is 0 Å². The first-order valence-corrected chi connectivity index (χ1v) is 5.01. The van der Waals surface area contributed by atoms with E-state index >= 15 is 0 Å². The third-order valence-electron chi connectivity index (χ3n) is 2.47. The molecule has 2 aromatic rings. The molecule has 1 heterocycles. The van der Waals surface area contributed by atoms with E-state index in [1.54, 1.807) is 19.2 Å². The topological polar surface area (TPSA) is 17.8 Å². The molecule has 0 spiro atoms. The lowest BCUT2D eigenvalue weighted by atomic mass is 10.2. The molecule has 0 saturated carbocycles. The van der Waals surface area contributed by atoms with Gasteiger partial charge in [-0.25, -0.2) is 9.37 Å². The Morgan fingerprint density at radius 1 is 1.40 bits per heavy atom. The highest BCUT2D eigenvalue weighted by atomic mass is 19.1. The van der Waals surface area contributed by atoms with Crippen molar-refractivity contribution in [2.24, 2.45) is 0 Å². The van der Waals surface area contributed by atoms with Crippen LogP contribution in [-0.2, 0) is 6.42 Å². The summed E-state index contributed by atoms with van der Waals surface area (Å²) in [5, 5.41) is 0. The zero-order valence-electron chi connectivity index (χ0n) is 8.87. The van der Waals surface area contributed by atoms with Crippen LogP contribution in [0, 0.1) is 12.7 Å². The van der Waals surface area contributed by atoms with Crippen LogP contribution in [0.2, 0.25) is 0 Å². The fourth-order valence-corrected chi connectivity index (χ4v) is 1.56. The second-order valence-corrected chi connectivity index (χ2v) is 3.50. The third kappa shape index (κ3) is 1.77. The Morgan fingerprint density at radius 3 is 2.87 bits per heavy atom. The molecule has 0 atom stereocenters. The molecule has 15 heavy (non-hydrogen) atoms. The van der Waals surface area contributed by atoms with E-state index in [1.807, 2.05) is 23.8 Å². The first-order chi connectivity index (χ1) is 7.22. The fraction of sp³-hybridized carbons (Fsp3) is 0.250. The molecule has 0 fully saturated rings. The molecule has 0 aliphatic rings. The lowest BCUT2D eigenvalue weighted by molar-refractivity contribution is 0.617. The van der Waals surface area contributed by atoms with Crippen LogP contribution in [0.4, 0.5) is 4.39 Å². The van der Waals surface area contributed by atoms with Gasteiger partial charge in [-0.3, -0.25) is 0 Å². The number of halogens is 1. The molecule has 0 aliphatic heterocycles. The number of rotatable bonds is 2. The maximum Gasteiger partial charge on any atom is 0.128 e. The van der Waals surface area contributed by atoms with Crippen molar-refractivity contribution >= 4 is 0 Å². The Morgan fingerprint density at radius 2 is 2.20 bits per heavy atom. The predicted octanol–water partition coefficient (Wildman–Crippen LogP) is 2.88. The summed E-state index contributed by atoms with van der Waals surface area (Å²) in [6.45, 7) is 3.79. The number of aromatic nitrogens is 2. The number of hydrogen-bond donors (Lipinski definition) is 0. The van der Waals surface area contributed by atoms with Crippen LogP contribution in [-0.4, -0.2) is 9.55 Å². The van der Waals surface area contributed by atoms with Gasteiger partial charge in [0.15, 0.2) is 0 Å². The molecule has 0 bridgehead atoms. The van der Waals surface area contributed by atoms with Crippen LogP contribution in [0.1, 0.15) is 18.3 Å². The molecule has 0 saturated heterocycles. The Balaban J connectivity index is 2.50. The van der Waals surface area contributed by atoms with Gasteiger partial charge in [0.2, 0.25) is 0 Å². The summed E-state index contributed by atoms with van der Waals surface area (Å²) < 4.78 is 15.3. The van der Waals surface area contributed by atoms with Gasteiger partial charge in [0, 0.05) is 24.5 Å². The molecule has 2 rings (SSSR count). The van der Waals surface area contributed by atoms with E-state index in [0.717, 1.165) is 17.9 Å². The van der Waals surface area contributed by atoms with Crippen molar-refractivity contribution in [1.29, 1.82) is 0 Å². The van der Waals surface area contributed by atoms with E-state index in [2.05, 4.69) is 4.98 Å². The van der Waals surface area contributed by atoms with Gasteiger partial charge in [0.05, 0.1) is 0 Å². The van der Waals surface area contributed by atoms with Crippen molar-refractivity contribution in [2.45, 2.75) is 20.3 Å². The Hall–Kier alpha value is -1.64. The van der Waals surface area contributed by atoms with E-state index in [0.29, 0.717) is 5.56 Å². The summed E-state index contributed by atoms with van der Waals surface area (Å²) in [5.41, 5.74) is 1.49. The van der Waals surface area contributed by atoms with E-state index in [9.17, 15) is 4.39 Å². The van der Waals surface area contributed by atoms with Gasteiger partial charge in [-0.15, -0.1) is 0 Å². The van der Waals surface area contributed by atoms with Crippen molar-refractivity contribution in [3.63, 3.8) is 0 Å². The molecule has 2 nitrogen and oxygen atoms in total. The smallest absolute Gasteiger partial charge is 0.128 e. The number of imidazole rings is 1. The average Bonchev–Trinajstić information content (AvgIpc) is 2.70. The number of nitrogens with zero attached hydrogens (tertiary/aromatic N) is 2. The summed E-state index contributed by atoms with van der Waals surface area (Å²) in [7, 11) is 0. The van der Waals surface area contributed by atoms with Gasteiger partial charge in [-0.2, -0.15) is 0 Å². The van der Waals surface area contributed by atoms with Gasteiger partial charge in [-0.1, -0.05) is 13.0 Å².